The Kier molecular flexibility index (Phi) is 25.2. The van der Waals surface area contributed by atoms with Crippen LogP contribution >= 0.6 is 23.2 Å². The molecule has 2 amide bonds. The third-order valence-corrected chi connectivity index (χ3v) is 27.6. The molecule has 0 saturated carbocycles. The molecule has 5 aliphatic rings. The number of aromatic amines is 5. The van der Waals surface area contributed by atoms with Gasteiger partial charge in [0.15, 0.2) is 0 Å². The number of benzene rings is 5. The average Bonchev–Trinajstić information content (AvgIpc) is 1.13. The molecule has 0 atom stereocenters. The molecule has 6 aromatic heterocycles. The molecule has 0 spiro atoms. The zero-order chi connectivity index (χ0) is 83.8. The van der Waals surface area contributed by atoms with Gasteiger partial charge < -0.3 is 39.6 Å². The Morgan fingerprint density at radius 1 is 0.414 bits per heavy atom. The van der Waals surface area contributed by atoms with Gasteiger partial charge >= 0.3 is 0 Å². The fourth-order valence-corrected chi connectivity index (χ4v) is 21.0. The molecule has 0 bridgehead atoms. The number of sulfonamides is 4. The highest BCUT2D eigenvalue weighted by Crippen LogP contribution is 2.40. The van der Waals surface area contributed by atoms with E-state index in [0.29, 0.717) is 70.3 Å². The van der Waals surface area contributed by atoms with Crippen LogP contribution in [0.3, 0.4) is 0 Å². The lowest BCUT2D eigenvalue weighted by atomic mass is 10.0. The number of anilines is 9. The van der Waals surface area contributed by atoms with Gasteiger partial charge in [0.2, 0.25) is 57.9 Å². The van der Waals surface area contributed by atoms with Gasteiger partial charge in [0.25, 0.3) is 0 Å². The van der Waals surface area contributed by atoms with Crippen molar-refractivity contribution >= 4 is 181 Å². The van der Waals surface area contributed by atoms with E-state index in [4.69, 9.17) is 23.2 Å². The maximum atomic E-state index is 12.1. The van der Waals surface area contributed by atoms with E-state index in [9.17, 15) is 43.3 Å². The first kappa shape index (κ1) is 85.7. The molecule has 34 nitrogen and oxygen atoms in total. The Bertz CT molecular complexity index is 5870. The maximum Gasteiger partial charge on any atom is 0.231 e. The standard InChI is InChI=1S/C17H25N5O3S.C16H25N5O4S2.C16H23N5O3S.C15H15ClN6.C12H14ClN3/c1-12(23)20(4)13-8-15-14(10-18-19-15)16(9-13)21-6-7-22(26(5,24)25)17(2,3)11-21;1-16(2)11-20(6-7-21(16)27(5,24)25)15-9-12(19(3)26(4,22)23)8-14-13(15)10-17-18-14;1-11(22)18-12-7-14-13(9-17-19-14)15(8-12)20-5-6-21(25(4,23)24)16(2,3)10-20;16-11-8-13-12(10-19-20-13)14(9-11)21-4-6-22(7-5-21)15-17-2-1-3-18-15;13-9-6-11-10(8-14-15-11)12(7-9)16-4-2-1-3-5-16/h8-10H,6-7,11H2,1-5H3,(H,18,19);8-10H,6-7,11H2,1-5H3,(H,17,18);7-9H,5-6,10H2,1-4H3,(H,17,19)(H,18,22);1-3,8-10H,4-7H2,(H,19,20);6-8H,1-5H2,(H,14,15). The topological polar surface area (TPSA) is 388 Å². The normalized spacial score (nSPS) is 17.7. The fraction of sp³-hybridized carbons (Fsp3) is 0.461. The van der Waals surface area contributed by atoms with Crippen molar-refractivity contribution in [3.05, 3.63) is 120 Å². The van der Waals surface area contributed by atoms with Crippen molar-refractivity contribution in [2.75, 3.05) is 181 Å². The lowest BCUT2D eigenvalue weighted by Crippen LogP contribution is -2.60. The van der Waals surface area contributed by atoms with Crippen LogP contribution in [0, 0.1) is 0 Å². The van der Waals surface area contributed by atoms with Gasteiger partial charge in [-0.3, -0.25) is 39.4 Å². The SMILES string of the molecule is CC(=O)N(C)c1cc(N2CCN(S(C)(=O)=O)C(C)(C)C2)c2cn[nH]c2c1.CC(=O)Nc1cc(N2CCN(S(C)(=O)=O)C(C)(C)C2)c2cn[nH]c2c1.CN(c1cc(N2CCN(S(C)(=O)=O)C(C)(C)C2)c2cn[nH]c2c1)S(C)(=O)=O.Clc1cc(N2CCCCC2)c2cn[nH]c2c1.Clc1cc(N2CCN(c3ncccn3)CC2)c2cn[nH]c2c1. The lowest BCUT2D eigenvalue weighted by molar-refractivity contribution is -0.116. The monoisotopic (exact) mass is 1710 g/mol. The van der Waals surface area contributed by atoms with Gasteiger partial charge in [0, 0.05) is 232 Å². The second-order valence-electron chi connectivity index (χ2n) is 31.7. The van der Waals surface area contributed by atoms with Crippen molar-refractivity contribution in [1.29, 1.82) is 0 Å². The minimum absolute atomic E-state index is 0.0583. The number of halogens is 2. The first-order valence-corrected chi connectivity index (χ1v) is 46.0. The summed E-state index contributed by atoms with van der Waals surface area (Å²) in [5, 5.41) is 44.6. The smallest absolute Gasteiger partial charge is 0.231 e. The summed E-state index contributed by atoms with van der Waals surface area (Å²) < 4.78 is 102. The van der Waals surface area contributed by atoms with E-state index in [2.05, 4.69) is 95.7 Å². The molecule has 5 fully saturated rings. The van der Waals surface area contributed by atoms with E-state index < -0.39 is 56.7 Å². The molecule has 40 heteroatoms. The number of piperazine rings is 4. The minimum Gasteiger partial charge on any atom is -0.371 e. The van der Waals surface area contributed by atoms with Gasteiger partial charge in [-0.1, -0.05) is 23.2 Å². The van der Waals surface area contributed by atoms with E-state index >= 15 is 0 Å². The van der Waals surface area contributed by atoms with E-state index in [1.165, 1.54) is 78.6 Å². The molecular weight excluding hydrogens is 1610 g/mol. The van der Waals surface area contributed by atoms with Crippen LogP contribution in [0.15, 0.2) is 110 Å². The predicted octanol–water partition coefficient (Wildman–Crippen LogP) is 9.15. The Labute approximate surface area is 686 Å². The summed E-state index contributed by atoms with van der Waals surface area (Å²) in [5.74, 6) is 0.589. The van der Waals surface area contributed by atoms with Crippen molar-refractivity contribution in [2.45, 2.75) is 91.3 Å². The summed E-state index contributed by atoms with van der Waals surface area (Å²) >= 11 is 12.3. The van der Waals surface area contributed by atoms with Gasteiger partial charge in [0.1, 0.15) is 0 Å². The number of nitrogens with one attached hydrogen (secondary N) is 6. The Morgan fingerprint density at radius 3 is 1.10 bits per heavy atom. The zero-order valence-corrected chi connectivity index (χ0v) is 72.4. The van der Waals surface area contributed by atoms with Crippen LogP contribution in [-0.4, -0.2) is 273 Å². The predicted molar refractivity (Wildman–Crippen MR) is 463 cm³/mol. The third kappa shape index (κ3) is 19.6. The van der Waals surface area contributed by atoms with Gasteiger partial charge in [0.05, 0.1) is 89.3 Å². The molecule has 16 rings (SSSR count). The summed E-state index contributed by atoms with van der Waals surface area (Å²) in [4.78, 5) is 46.7. The van der Waals surface area contributed by atoms with Crippen molar-refractivity contribution < 1.29 is 43.3 Å². The fourth-order valence-electron chi connectivity index (χ4n) is 16.0. The number of aromatic nitrogens is 12. The Morgan fingerprint density at radius 2 is 0.741 bits per heavy atom. The molecule has 5 aromatic carbocycles. The highest BCUT2D eigenvalue weighted by Gasteiger charge is 2.43. The van der Waals surface area contributed by atoms with Crippen LogP contribution in [0.4, 0.5) is 51.4 Å². The number of hydrogen-bond donors (Lipinski definition) is 6. The second kappa shape index (κ2) is 34.1. The molecule has 5 aliphatic heterocycles. The van der Waals surface area contributed by atoms with Crippen molar-refractivity contribution in [3.63, 3.8) is 0 Å². The summed E-state index contributed by atoms with van der Waals surface area (Å²) in [5.41, 5.74) is 9.73. The van der Waals surface area contributed by atoms with Crippen molar-refractivity contribution in [1.82, 2.24) is 73.9 Å². The lowest BCUT2D eigenvalue weighted by Gasteiger charge is -2.46. The molecule has 0 aliphatic carbocycles. The maximum absolute atomic E-state index is 12.1. The van der Waals surface area contributed by atoms with Crippen LogP contribution in [0.1, 0.15) is 74.7 Å². The molecule has 0 unspecified atom stereocenters. The molecule has 6 N–H and O–H groups in total. The molecule has 0 radical (unpaired) electrons. The van der Waals surface area contributed by atoms with Gasteiger partial charge in [-0.15, -0.1) is 0 Å². The number of rotatable bonds is 13. The van der Waals surface area contributed by atoms with Crippen molar-refractivity contribution in [2.24, 2.45) is 0 Å². The minimum atomic E-state index is -3.41. The summed E-state index contributed by atoms with van der Waals surface area (Å²) in [6, 6.07) is 20.9. The highest BCUT2D eigenvalue weighted by atomic mass is 35.5. The van der Waals surface area contributed by atoms with Crippen LogP contribution in [0.25, 0.3) is 54.5 Å². The molecule has 5 saturated heterocycles. The highest BCUT2D eigenvalue weighted by molar-refractivity contribution is 7.92. The Balaban J connectivity index is 0.000000135. The molecule has 624 valence electrons. The van der Waals surface area contributed by atoms with Crippen LogP contribution in [0.2, 0.25) is 10.0 Å². The summed E-state index contributed by atoms with van der Waals surface area (Å²) in [6.45, 7) is 24.7. The number of H-pyrrole nitrogens is 5. The first-order valence-electron chi connectivity index (χ1n) is 37.9. The number of carbonyl (C=O) groups excluding carboxylic acids is 2. The number of fused-ring (bicyclic) bond motifs is 5. The number of piperidine rings is 1. The molecule has 11 aromatic rings. The summed E-state index contributed by atoms with van der Waals surface area (Å²) in [7, 11) is -10.0. The third-order valence-electron chi connectivity index (χ3n) is 21.5. The van der Waals surface area contributed by atoms with Crippen LogP contribution < -0.4 is 43.9 Å². The number of hydrogen-bond acceptors (Lipinski definition) is 23. The zero-order valence-electron chi connectivity index (χ0n) is 67.6. The van der Waals surface area contributed by atoms with Gasteiger partial charge in [-0.25, -0.2) is 43.6 Å². The Hall–Kier alpha value is -9.67. The van der Waals surface area contributed by atoms with E-state index in [1.54, 1.807) is 57.6 Å². The molecular formula is C76H102Cl2N24O10S4. The average molecular weight is 1710 g/mol. The van der Waals surface area contributed by atoms with Crippen molar-refractivity contribution in [3.8, 4) is 0 Å². The molecule has 116 heavy (non-hydrogen) atoms. The second-order valence-corrected chi connectivity index (χ2v) is 40.3. The largest absolute Gasteiger partial charge is 0.371 e. The van der Waals surface area contributed by atoms with E-state index in [1.807, 2.05) is 115 Å². The number of carbonyl (C=O) groups is 2. The van der Waals surface area contributed by atoms with Gasteiger partial charge in [-0.05, 0) is 128 Å². The van der Waals surface area contributed by atoms with Crippen LogP contribution in [-0.2, 0) is 49.7 Å². The van der Waals surface area contributed by atoms with Crippen LogP contribution in [0.5, 0.6) is 0 Å². The summed E-state index contributed by atoms with van der Waals surface area (Å²) in [6.07, 6.45) is 21.3. The number of amides is 2. The molecule has 11 heterocycles. The van der Waals surface area contributed by atoms with Gasteiger partial charge in [-0.2, -0.15) is 38.4 Å². The first-order chi connectivity index (χ1) is 54.5. The van der Waals surface area contributed by atoms with E-state index in [0.717, 1.165) is 139 Å². The van der Waals surface area contributed by atoms with E-state index in [-0.39, 0.29) is 11.8 Å². The number of nitrogens with zero attached hydrogens (tertiary/aromatic N) is 18. The quantitative estimate of drug-likeness (QED) is 0.0626.